The van der Waals surface area contributed by atoms with Gasteiger partial charge in [-0.05, 0) is 34.8 Å². The van der Waals surface area contributed by atoms with Crippen LogP contribution < -0.4 is 5.32 Å². The summed E-state index contributed by atoms with van der Waals surface area (Å²) < 4.78 is 0.930. The van der Waals surface area contributed by atoms with E-state index in [9.17, 15) is 9.90 Å². The molecule has 0 bridgehead atoms. The molecule has 0 unspecified atom stereocenters. The van der Waals surface area contributed by atoms with Crippen molar-refractivity contribution >= 4 is 33.2 Å². The Kier molecular flexibility index (Phi) is 4.95. The third-order valence-corrected chi connectivity index (χ3v) is 4.23. The van der Waals surface area contributed by atoms with Crippen LogP contribution in [0.2, 0.25) is 0 Å². The van der Waals surface area contributed by atoms with E-state index < -0.39 is 5.60 Å². The zero-order valence-corrected chi connectivity index (χ0v) is 11.8. The van der Waals surface area contributed by atoms with Crippen molar-refractivity contribution in [3.05, 3.63) is 20.8 Å². The van der Waals surface area contributed by atoms with E-state index >= 15 is 0 Å². The van der Waals surface area contributed by atoms with E-state index in [-0.39, 0.29) is 5.91 Å². The maximum Gasteiger partial charge on any atom is 0.252 e. The number of thiophene rings is 1. The van der Waals surface area contributed by atoms with Gasteiger partial charge < -0.3 is 10.4 Å². The van der Waals surface area contributed by atoms with Crippen LogP contribution in [0.5, 0.6) is 0 Å². The van der Waals surface area contributed by atoms with Gasteiger partial charge in [0.05, 0.1) is 15.0 Å². The highest BCUT2D eigenvalue weighted by Gasteiger charge is 2.23. The molecule has 1 aromatic heterocycles. The minimum Gasteiger partial charge on any atom is -0.388 e. The van der Waals surface area contributed by atoms with Gasteiger partial charge in [0.15, 0.2) is 0 Å². The van der Waals surface area contributed by atoms with Crippen LogP contribution in [-0.2, 0) is 0 Å². The number of nitrogens with one attached hydrogen (secondary N) is 1. The zero-order chi connectivity index (χ0) is 12.2. The van der Waals surface area contributed by atoms with Crippen molar-refractivity contribution in [2.45, 2.75) is 32.3 Å². The highest BCUT2D eigenvalue weighted by Crippen LogP contribution is 2.20. The summed E-state index contributed by atoms with van der Waals surface area (Å²) in [4.78, 5) is 11.7. The van der Waals surface area contributed by atoms with Crippen LogP contribution in [0.4, 0.5) is 0 Å². The fraction of sp³-hybridized carbons (Fsp3) is 0.545. The monoisotopic (exact) mass is 305 g/mol. The summed E-state index contributed by atoms with van der Waals surface area (Å²) >= 11 is 4.78. The minimum atomic E-state index is -0.789. The summed E-state index contributed by atoms with van der Waals surface area (Å²) in [6, 6.07) is 1.77. The van der Waals surface area contributed by atoms with E-state index in [4.69, 9.17) is 0 Å². The topological polar surface area (TPSA) is 49.3 Å². The SMILES string of the molecule is CCC(O)(CC)CNC(=O)c1csc(Br)c1. The van der Waals surface area contributed by atoms with Gasteiger partial charge in [0, 0.05) is 11.9 Å². The van der Waals surface area contributed by atoms with Crippen molar-refractivity contribution in [1.82, 2.24) is 5.32 Å². The van der Waals surface area contributed by atoms with Crippen LogP contribution >= 0.6 is 27.3 Å². The van der Waals surface area contributed by atoms with Crippen molar-refractivity contribution in [3.8, 4) is 0 Å². The van der Waals surface area contributed by atoms with E-state index in [1.807, 2.05) is 13.8 Å². The summed E-state index contributed by atoms with van der Waals surface area (Å²) in [7, 11) is 0. The first-order valence-corrected chi connectivity index (χ1v) is 6.92. The molecule has 0 aromatic carbocycles. The molecule has 1 heterocycles. The summed E-state index contributed by atoms with van der Waals surface area (Å²) in [5.74, 6) is -0.137. The van der Waals surface area contributed by atoms with Gasteiger partial charge in [0.25, 0.3) is 5.91 Å². The van der Waals surface area contributed by atoms with Crippen LogP contribution in [0, 0.1) is 0 Å². The smallest absolute Gasteiger partial charge is 0.252 e. The summed E-state index contributed by atoms with van der Waals surface area (Å²) in [6.45, 7) is 4.12. The molecule has 2 N–H and O–H groups in total. The number of carbonyl (C=O) groups excluding carboxylic acids is 1. The van der Waals surface area contributed by atoms with Gasteiger partial charge in [-0.25, -0.2) is 0 Å². The molecule has 1 rings (SSSR count). The van der Waals surface area contributed by atoms with E-state index in [0.29, 0.717) is 24.9 Å². The molecule has 0 saturated heterocycles. The van der Waals surface area contributed by atoms with Crippen molar-refractivity contribution in [2.75, 3.05) is 6.54 Å². The first-order chi connectivity index (χ1) is 7.50. The van der Waals surface area contributed by atoms with Crippen LogP contribution in [0.25, 0.3) is 0 Å². The van der Waals surface area contributed by atoms with Crippen LogP contribution in [-0.4, -0.2) is 23.2 Å². The fourth-order valence-corrected chi connectivity index (χ4v) is 2.41. The second kappa shape index (κ2) is 5.80. The van der Waals surface area contributed by atoms with Crippen molar-refractivity contribution in [1.29, 1.82) is 0 Å². The molecule has 0 aliphatic rings. The quantitative estimate of drug-likeness (QED) is 0.879. The van der Waals surface area contributed by atoms with E-state index in [1.54, 1.807) is 11.4 Å². The van der Waals surface area contributed by atoms with E-state index in [0.717, 1.165) is 3.79 Å². The fourth-order valence-electron chi connectivity index (χ4n) is 1.28. The normalized spacial score (nSPS) is 11.5. The molecule has 1 aromatic rings. The second-order valence-electron chi connectivity index (χ2n) is 3.75. The molecule has 0 saturated carbocycles. The molecule has 0 spiro atoms. The van der Waals surface area contributed by atoms with Gasteiger partial charge >= 0.3 is 0 Å². The van der Waals surface area contributed by atoms with Crippen LogP contribution in [0.1, 0.15) is 37.0 Å². The first-order valence-electron chi connectivity index (χ1n) is 5.25. The standard InChI is InChI=1S/C11H16BrNO2S/c1-3-11(15,4-2)7-13-10(14)8-5-9(12)16-6-8/h5-6,15H,3-4,7H2,1-2H3,(H,13,14). The van der Waals surface area contributed by atoms with Crippen molar-refractivity contribution in [3.63, 3.8) is 0 Å². The molecular weight excluding hydrogens is 290 g/mol. The Hall–Kier alpha value is -0.390. The number of hydrogen-bond acceptors (Lipinski definition) is 3. The number of rotatable bonds is 5. The van der Waals surface area contributed by atoms with Crippen molar-refractivity contribution < 1.29 is 9.90 Å². The summed E-state index contributed by atoms with van der Waals surface area (Å²) in [6.07, 6.45) is 1.27. The molecule has 0 fully saturated rings. The molecule has 1 amide bonds. The molecule has 5 heteroatoms. The van der Waals surface area contributed by atoms with Gasteiger partial charge in [-0.15, -0.1) is 11.3 Å². The van der Waals surface area contributed by atoms with E-state index in [1.165, 1.54) is 11.3 Å². The van der Waals surface area contributed by atoms with Gasteiger partial charge in [-0.2, -0.15) is 0 Å². The lowest BCUT2D eigenvalue weighted by molar-refractivity contribution is 0.0314. The van der Waals surface area contributed by atoms with Gasteiger partial charge in [0.1, 0.15) is 0 Å². The molecular formula is C11H16BrNO2S. The Balaban J connectivity index is 2.53. The molecule has 0 aliphatic heterocycles. The van der Waals surface area contributed by atoms with Gasteiger partial charge in [-0.1, -0.05) is 13.8 Å². The molecule has 0 aliphatic carbocycles. The van der Waals surface area contributed by atoms with Crippen LogP contribution in [0.15, 0.2) is 15.2 Å². The first kappa shape index (κ1) is 13.7. The predicted octanol–water partition coefficient (Wildman–Crippen LogP) is 2.79. The average Bonchev–Trinajstić information content (AvgIpc) is 2.72. The Morgan fingerprint density at radius 1 is 1.56 bits per heavy atom. The lowest BCUT2D eigenvalue weighted by Gasteiger charge is -2.25. The van der Waals surface area contributed by atoms with Crippen LogP contribution in [0.3, 0.4) is 0 Å². The summed E-state index contributed by atoms with van der Waals surface area (Å²) in [5.41, 5.74) is -0.158. The highest BCUT2D eigenvalue weighted by molar-refractivity contribution is 9.11. The van der Waals surface area contributed by atoms with Gasteiger partial charge in [0.2, 0.25) is 0 Å². The average molecular weight is 306 g/mol. The molecule has 0 radical (unpaired) electrons. The minimum absolute atomic E-state index is 0.137. The molecule has 90 valence electrons. The Labute approximate surface area is 108 Å². The Morgan fingerprint density at radius 2 is 2.19 bits per heavy atom. The Bertz CT molecular complexity index is 361. The summed E-state index contributed by atoms with van der Waals surface area (Å²) in [5, 5.41) is 14.5. The predicted molar refractivity (Wildman–Crippen MR) is 69.9 cm³/mol. The molecule has 3 nitrogen and oxygen atoms in total. The third kappa shape index (κ3) is 3.57. The zero-order valence-electron chi connectivity index (χ0n) is 9.42. The number of amides is 1. The van der Waals surface area contributed by atoms with E-state index in [2.05, 4.69) is 21.2 Å². The lowest BCUT2D eigenvalue weighted by Crippen LogP contribution is -2.41. The molecule has 16 heavy (non-hydrogen) atoms. The second-order valence-corrected chi connectivity index (χ2v) is 6.04. The lowest BCUT2D eigenvalue weighted by atomic mass is 9.97. The number of halogens is 1. The third-order valence-electron chi connectivity index (χ3n) is 2.72. The number of aliphatic hydroxyl groups is 1. The number of carbonyl (C=O) groups is 1. The largest absolute Gasteiger partial charge is 0.388 e. The van der Waals surface area contributed by atoms with Crippen molar-refractivity contribution in [2.24, 2.45) is 0 Å². The highest BCUT2D eigenvalue weighted by atomic mass is 79.9. The number of hydrogen-bond donors (Lipinski definition) is 2. The Morgan fingerprint density at radius 3 is 2.62 bits per heavy atom. The van der Waals surface area contributed by atoms with Gasteiger partial charge in [-0.3, -0.25) is 4.79 Å². The maximum absolute atomic E-state index is 11.7. The maximum atomic E-state index is 11.7. The molecule has 0 atom stereocenters.